The van der Waals surface area contributed by atoms with Crippen LogP contribution in [0.5, 0.6) is 0 Å². The van der Waals surface area contributed by atoms with E-state index in [9.17, 15) is 18.0 Å². The van der Waals surface area contributed by atoms with Gasteiger partial charge in [0.1, 0.15) is 6.61 Å². The molecule has 0 aliphatic carbocycles. The molecule has 0 bridgehead atoms. The van der Waals surface area contributed by atoms with Gasteiger partial charge in [0, 0.05) is 13.1 Å². The summed E-state index contributed by atoms with van der Waals surface area (Å²) in [6, 6.07) is 13.1. The summed E-state index contributed by atoms with van der Waals surface area (Å²) in [5, 5.41) is 6.78. The largest absolute Gasteiger partial charge is 0.445 e. The van der Waals surface area contributed by atoms with Gasteiger partial charge in [-0.05, 0) is 40.8 Å². The maximum Gasteiger partial charge on any atom is 0.416 e. The molecule has 0 spiro atoms. The van der Waals surface area contributed by atoms with E-state index in [0.29, 0.717) is 11.1 Å². The number of amides is 1. The zero-order chi connectivity index (χ0) is 21.6. The van der Waals surface area contributed by atoms with Gasteiger partial charge >= 0.3 is 12.3 Å². The van der Waals surface area contributed by atoms with Crippen LogP contribution in [0.4, 0.5) is 18.0 Å². The van der Waals surface area contributed by atoms with Crippen molar-refractivity contribution in [3.8, 4) is 0 Å². The van der Waals surface area contributed by atoms with E-state index in [1.807, 2.05) is 30.3 Å². The maximum absolute atomic E-state index is 13.5. The van der Waals surface area contributed by atoms with E-state index in [2.05, 4.69) is 10.3 Å². The molecule has 30 heavy (non-hydrogen) atoms. The normalized spacial score (nSPS) is 14.6. The summed E-state index contributed by atoms with van der Waals surface area (Å²) in [4.78, 5) is 13.7. The number of nitrogens with two attached hydrogens (primary N) is 1. The fourth-order valence-corrected chi connectivity index (χ4v) is 3.22. The molecule has 2 aromatic carbocycles. The van der Waals surface area contributed by atoms with E-state index in [1.165, 1.54) is 17.0 Å². The number of alkyl halides is 3. The van der Waals surface area contributed by atoms with Gasteiger partial charge in [-0.3, -0.25) is 0 Å². The first-order valence-electron chi connectivity index (χ1n) is 9.30. The third kappa shape index (κ3) is 5.37. The zero-order valence-electron chi connectivity index (χ0n) is 16.1. The van der Waals surface area contributed by atoms with Crippen LogP contribution in [0.15, 0.2) is 64.9 Å². The van der Waals surface area contributed by atoms with Gasteiger partial charge in [0.2, 0.25) is 0 Å². The van der Waals surface area contributed by atoms with Gasteiger partial charge in [-0.2, -0.15) is 18.3 Å². The molecule has 2 aromatic rings. The number of benzene rings is 2. The minimum Gasteiger partial charge on any atom is -0.445 e. The van der Waals surface area contributed by atoms with Gasteiger partial charge in [0.15, 0.2) is 0 Å². The van der Waals surface area contributed by atoms with Crippen molar-refractivity contribution >= 4 is 11.7 Å². The van der Waals surface area contributed by atoms with E-state index in [1.54, 1.807) is 6.08 Å². The van der Waals surface area contributed by atoms with Crippen molar-refractivity contribution in [2.75, 3.05) is 13.1 Å². The van der Waals surface area contributed by atoms with Crippen LogP contribution in [-0.4, -0.2) is 24.1 Å². The average Bonchev–Trinajstić information content (AvgIpc) is 2.76. The van der Waals surface area contributed by atoms with Gasteiger partial charge in [-0.15, -0.1) is 0 Å². The predicted octanol–water partition coefficient (Wildman–Crippen LogP) is 4.96. The Balaban J connectivity index is 1.72. The van der Waals surface area contributed by atoms with Crippen molar-refractivity contribution in [2.24, 2.45) is 16.2 Å². The van der Waals surface area contributed by atoms with E-state index in [-0.39, 0.29) is 38.2 Å². The third-order valence-corrected chi connectivity index (χ3v) is 4.74. The van der Waals surface area contributed by atoms with Gasteiger partial charge in [0.25, 0.3) is 0 Å². The highest BCUT2D eigenvalue weighted by atomic mass is 19.4. The molecular formula is C21H21F3N4O2. The van der Waals surface area contributed by atoms with Crippen LogP contribution >= 0.6 is 0 Å². The van der Waals surface area contributed by atoms with Gasteiger partial charge in [0.05, 0.1) is 12.1 Å². The van der Waals surface area contributed by atoms with Crippen LogP contribution in [0, 0.1) is 0 Å². The summed E-state index contributed by atoms with van der Waals surface area (Å²) >= 11 is 0. The Bertz CT molecular complexity index is 943. The number of hydrogen-bond acceptors (Lipinski definition) is 4. The van der Waals surface area contributed by atoms with Crippen LogP contribution in [0.1, 0.15) is 28.7 Å². The average molecular weight is 418 g/mol. The minimum atomic E-state index is -4.49. The molecule has 1 aliphatic rings. The second kappa shape index (κ2) is 9.43. The van der Waals surface area contributed by atoms with E-state index < -0.39 is 17.8 Å². The van der Waals surface area contributed by atoms with Crippen LogP contribution < -0.4 is 5.84 Å². The monoisotopic (exact) mass is 418 g/mol. The summed E-state index contributed by atoms with van der Waals surface area (Å²) in [5.41, 5.74) is 1.32. The van der Waals surface area contributed by atoms with Crippen LogP contribution in [-0.2, 0) is 24.1 Å². The summed E-state index contributed by atoms with van der Waals surface area (Å²) in [7, 11) is 0. The molecule has 9 heteroatoms. The smallest absolute Gasteiger partial charge is 0.416 e. The fraction of sp³-hybridized carbons (Fsp3) is 0.286. The number of nitrogens with zero attached hydrogens (tertiary/aromatic N) is 3. The Morgan fingerprint density at radius 2 is 1.90 bits per heavy atom. The van der Waals surface area contributed by atoms with Crippen LogP contribution in [0.25, 0.3) is 5.57 Å². The van der Waals surface area contributed by atoms with Crippen molar-refractivity contribution in [1.82, 2.24) is 4.90 Å². The topological polar surface area (TPSA) is 80.3 Å². The van der Waals surface area contributed by atoms with E-state index >= 15 is 0 Å². The van der Waals surface area contributed by atoms with Crippen molar-refractivity contribution in [2.45, 2.75) is 25.7 Å². The summed E-state index contributed by atoms with van der Waals surface area (Å²) in [6.45, 7) is 0.673. The van der Waals surface area contributed by atoms with Crippen molar-refractivity contribution in [3.05, 3.63) is 76.9 Å². The lowest BCUT2D eigenvalue weighted by Crippen LogP contribution is -2.35. The number of hydrogen-bond donors (Lipinski definition) is 1. The standard InChI is InChI=1S/C21H21F3N4O2/c22-21(23,24)19-7-6-16(13-26-27-25)12-18(19)17-8-10-28(11-9-17)20(29)30-14-15-4-2-1-3-5-15/h1-8,12H,9-11,13-14H2,(H2,25,26). The highest BCUT2D eigenvalue weighted by Crippen LogP contribution is 2.37. The van der Waals surface area contributed by atoms with Crippen molar-refractivity contribution in [3.63, 3.8) is 0 Å². The van der Waals surface area contributed by atoms with Crippen molar-refractivity contribution in [1.29, 1.82) is 0 Å². The molecule has 158 valence electrons. The first-order chi connectivity index (χ1) is 14.4. The Labute approximate surface area is 171 Å². The molecule has 1 aliphatic heterocycles. The zero-order valence-corrected chi connectivity index (χ0v) is 16.1. The molecule has 0 saturated carbocycles. The number of ether oxygens (including phenoxy) is 1. The molecule has 1 heterocycles. The molecule has 0 saturated heterocycles. The number of carbonyl (C=O) groups excluding carboxylic acids is 1. The van der Waals surface area contributed by atoms with Gasteiger partial charge in [-0.1, -0.05) is 47.7 Å². The minimum absolute atomic E-state index is 0.0875. The Hall–Kier alpha value is -3.36. The fourth-order valence-electron chi connectivity index (χ4n) is 3.22. The second-order valence-corrected chi connectivity index (χ2v) is 6.76. The molecular weight excluding hydrogens is 397 g/mol. The second-order valence-electron chi connectivity index (χ2n) is 6.76. The highest BCUT2D eigenvalue weighted by Gasteiger charge is 2.34. The number of halogens is 3. The van der Waals surface area contributed by atoms with E-state index in [4.69, 9.17) is 10.6 Å². The highest BCUT2D eigenvalue weighted by molar-refractivity contribution is 5.74. The summed E-state index contributed by atoms with van der Waals surface area (Å²) < 4.78 is 45.7. The summed E-state index contributed by atoms with van der Waals surface area (Å²) in [5.74, 6) is 4.98. The lowest BCUT2D eigenvalue weighted by molar-refractivity contribution is -0.137. The predicted molar refractivity (Wildman–Crippen MR) is 105 cm³/mol. The molecule has 0 atom stereocenters. The van der Waals surface area contributed by atoms with Crippen LogP contribution in [0.3, 0.4) is 0 Å². The first kappa shape index (κ1) is 21.4. The first-order valence-corrected chi connectivity index (χ1v) is 9.30. The Morgan fingerprint density at radius 1 is 1.13 bits per heavy atom. The van der Waals surface area contributed by atoms with Crippen LogP contribution in [0.2, 0.25) is 0 Å². The quantitative estimate of drug-likeness (QED) is 0.424. The Morgan fingerprint density at radius 3 is 2.53 bits per heavy atom. The third-order valence-electron chi connectivity index (χ3n) is 4.74. The molecule has 1 amide bonds. The SMILES string of the molecule is NN=NCc1ccc(C(F)(F)F)c(C2=CCN(C(=O)OCc3ccccc3)CC2)c1. The van der Waals surface area contributed by atoms with Gasteiger partial charge in [-0.25, -0.2) is 4.79 Å². The number of carbonyl (C=O) groups is 1. The molecule has 0 aromatic heterocycles. The molecule has 6 nitrogen and oxygen atoms in total. The molecule has 2 N–H and O–H groups in total. The molecule has 0 unspecified atom stereocenters. The maximum atomic E-state index is 13.5. The molecule has 0 radical (unpaired) electrons. The lowest BCUT2D eigenvalue weighted by atomic mass is 9.93. The summed E-state index contributed by atoms with van der Waals surface area (Å²) in [6.07, 6.45) is -3.07. The lowest BCUT2D eigenvalue weighted by Gasteiger charge is -2.27. The number of rotatable bonds is 5. The molecule has 3 rings (SSSR count). The van der Waals surface area contributed by atoms with Crippen molar-refractivity contribution < 1.29 is 22.7 Å². The molecule has 0 fully saturated rings. The Kier molecular flexibility index (Phi) is 6.71. The van der Waals surface area contributed by atoms with Gasteiger partial charge < -0.3 is 15.5 Å². The van der Waals surface area contributed by atoms with E-state index in [0.717, 1.165) is 11.6 Å².